The summed E-state index contributed by atoms with van der Waals surface area (Å²) in [4.78, 5) is 1.19. The van der Waals surface area contributed by atoms with E-state index in [4.69, 9.17) is 16.3 Å². The third-order valence-corrected chi connectivity index (χ3v) is 6.17. The minimum atomic E-state index is 0.756. The lowest BCUT2D eigenvalue weighted by molar-refractivity contribution is 0.406. The molecule has 0 saturated carbocycles. The number of hydrogen-bond donors (Lipinski definition) is 2. The van der Waals surface area contributed by atoms with Crippen LogP contribution in [0.4, 0.5) is 5.69 Å². The summed E-state index contributed by atoms with van der Waals surface area (Å²) in [6.07, 6.45) is 4.68. The Kier molecular flexibility index (Phi) is 8.50. The lowest BCUT2D eigenvalue weighted by Gasteiger charge is -2.22. The minimum absolute atomic E-state index is 0.756. The van der Waals surface area contributed by atoms with Crippen LogP contribution in [0.2, 0.25) is 5.02 Å². The molecule has 5 heteroatoms. The average Bonchev–Trinajstić information content (AvgIpc) is 2.79. The van der Waals surface area contributed by atoms with Crippen LogP contribution in [-0.2, 0) is 12.8 Å². The second-order valence-corrected chi connectivity index (χ2v) is 8.47. The van der Waals surface area contributed by atoms with Gasteiger partial charge in [-0.25, -0.2) is 0 Å². The van der Waals surface area contributed by atoms with Crippen molar-refractivity contribution in [1.82, 2.24) is 5.32 Å². The number of benzene rings is 3. The third-order valence-electron chi connectivity index (χ3n) is 5.02. The number of rotatable bonds is 5. The molecule has 0 radical (unpaired) electrons. The first-order valence-electron chi connectivity index (χ1n) is 10.2. The molecule has 1 aliphatic rings. The number of anilines is 1. The molecule has 3 aromatic carbocycles. The zero-order valence-electron chi connectivity index (χ0n) is 17.8. The standard InChI is InChI=1S/C23H22ClNOS.C2H7N/c1-26-22-15-14-21(19-7-2-3-8-20(19)22)25-27-23-9-5-4-6-18(23)16-10-12-17(24)13-11-16;1-3-2/h4-6,9-15,25H,2-3,7-8H2,1H3;3H,1-2H3. The summed E-state index contributed by atoms with van der Waals surface area (Å²) >= 11 is 7.71. The number of halogens is 1. The molecule has 4 rings (SSSR count). The summed E-state index contributed by atoms with van der Waals surface area (Å²) in [6, 6.07) is 20.7. The summed E-state index contributed by atoms with van der Waals surface area (Å²) in [6.45, 7) is 0. The maximum Gasteiger partial charge on any atom is 0.122 e. The van der Waals surface area contributed by atoms with E-state index < -0.39 is 0 Å². The number of methoxy groups -OCH3 is 1. The van der Waals surface area contributed by atoms with Gasteiger partial charge in [0.15, 0.2) is 0 Å². The number of hydrogen-bond acceptors (Lipinski definition) is 4. The predicted molar refractivity (Wildman–Crippen MR) is 131 cm³/mol. The lowest BCUT2D eigenvalue weighted by Crippen LogP contribution is -2.07. The van der Waals surface area contributed by atoms with Gasteiger partial charge >= 0.3 is 0 Å². The van der Waals surface area contributed by atoms with Crippen LogP contribution < -0.4 is 14.8 Å². The van der Waals surface area contributed by atoms with Crippen molar-refractivity contribution >= 4 is 29.2 Å². The van der Waals surface area contributed by atoms with E-state index in [1.54, 1.807) is 19.1 Å². The van der Waals surface area contributed by atoms with Crippen LogP contribution in [0.15, 0.2) is 65.6 Å². The summed E-state index contributed by atoms with van der Waals surface area (Å²) in [7, 11) is 5.51. The monoisotopic (exact) mass is 440 g/mol. The van der Waals surface area contributed by atoms with E-state index >= 15 is 0 Å². The van der Waals surface area contributed by atoms with Gasteiger partial charge in [-0.1, -0.05) is 41.9 Å². The summed E-state index contributed by atoms with van der Waals surface area (Å²) in [5, 5.41) is 3.51. The predicted octanol–water partition coefficient (Wildman–Crippen LogP) is 6.85. The van der Waals surface area contributed by atoms with Gasteiger partial charge in [0.25, 0.3) is 0 Å². The van der Waals surface area contributed by atoms with Gasteiger partial charge in [0.1, 0.15) is 5.75 Å². The van der Waals surface area contributed by atoms with Crippen LogP contribution in [-0.4, -0.2) is 21.2 Å². The van der Waals surface area contributed by atoms with Crippen LogP contribution in [0.3, 0.4) is 0 Å². The number of nitrogens with one attached hydrogen (secondary N) is 2. The van der Waals surface area contributed by atoms with Gasteiger partial charge < -0.3 is 14.8 Å². The molecule has 3 aromatic rings. The molecule has 0 aliphatic heterocycles. The maximum atomic E-state index is 6.04. The molecule has 3 nitrogen and oxygen atoms in total. The molecule has 0 amide bonds. The SMILES string of the molecule is CNC.COc1ccc(NSc2ccccc2-c2ccc(Cl)cc2)c2c1CCCC2. The summed E-state index contributed by atoms with van der Waals surface area (Å²) < 4.78 is 9.17. The second-order valence-electron chi connectivity index (χ2n) is 7.19. The molecule has 158 valence electrons. The van der Waals surface area contributed by atoms with Crippen LogP contribution in [0, 0.1) is 0 Å². The molecule has 0 bridgehead atoms. The van der Waals surface area contributed by atoms with Gasteiger partial charge in [-0.05, 0) is 104 Å². The highest BCUT2D eigenvalue weighted by Crippen LogP contribution is 2.38. The van der Waals surface area contributed by atoms with Crippen molar-refractivity contribution in [2.75, 3.05) is 25.9 Å². The topological polar surface area (TPSA) is 33.3 Å². The van der Waals surface area contributed by atoms with Crippen molar-refractivity contribution in [3.05, 3.63) is 76.8 Å². The highest BCUT2D eigenvalue weighted by molar-refractivity contribution is 8.00. The second kappa shape index (κ2) is 11.3. The van der Waals surface area contributed by atoms with E-state index in [-0.39, 0.29) is 0 Å². The molecular formula is C25H29ClN2OS. The van der Waals surface area contributed by atoms with E-state index in [1.165, 1.54) is 45.7 Å². The first-order chi connectivity index (χ1) is 14.7. The van der Waals surface area contributed by atoms with Crippen molar-refractivity contribution in [3.63, 3.8) is 0 Å². The Labute approximate surface area is 189 Å². The van der Waals surface area contributed by atoms with E-state index in [0.717, 1.165) is 23.6 Å². The van der Waals surface area contributed by atoms with Crippen molar-refractivity contribution < 1.29 is 4.74 Å². The molecule has 0 fully saturated rings. The molecule has 0 unspecified atom stereocenters. The van der Waals surface area contributed by atoms with Gasteiger partial charge in [0, 0.05) is 15.6 Å². The van der Waals surface area contributed by atoms with Crippen molar-refractivity contribution in [2.24, 2.45) is 0 Å². The largest absolute Gasteiger partial charge is 0.496 e. The van der Waals surface area contributed by atoms with Crippen molar-refractivity contribution in [3.8, 4) is 16.9 Å². The zero-order chi connectivity index (χ0) is 21.3. The molecule has 0 atom stereocenters. The minimum Gasteiger partial charge on any atom is -0.496 e. The van der Waals surface area contributed by atoms with Crippen LogP contribution >= 0.6 is 23.5 Å². The highest BCUT2D eigenvalue weighted by Gasteiger charge is 2.18. The molecule has 0 spiro atoms. The van der Waals surface area contributed by atoms with Gasteiger partial charge in [-0.15, -0.1) is 0 Å². The quantitative estimate of drug-likeness (QED) is 0.425. The smallest absolute Gasteiger partial charge is 0.122 e. The zero-order valence-corrected chi connectivity index (χ0v) is 19.4. The number of ether oxygens (including phenoxy) is 1. The van der Waals surface area contributed by atoms with Gasteiger partial charge in [0.05, 0.1) is 7.11 Å². The van der Waals surface area contributed by atoms with Crippen LogP contribution in [0.1, 0.15) is 24.0 Å². The maximum absolute atomic E-state index is 6.04. The first-order valence-corrected chi connectivity index (χ1v) is 11.4. The van der Waals surface area contributed by atoms with E-state index in [2.05, 4.69) is 58.6 Å². The number of fused-ring (bicyclic) bond motifs is 1. The fourth-order valence-electron chi connectivity index (χ4n) is 3.66. The molecule has 0 aromatic heterocycles. The Balaban J connectivity index is 0.000000806. The van der Waals surface area contributed by atoms with Crippen molar-refractivity contribution in [2.45, 2.75) is 30.6 Å². The molecular weight excluding hydrogens is 412 g/mol. The average molecular weight is 441 g/mol. The third kappa shape index (κ3) is 5.51. The lowest BCUT2D eigenvalue weighted by atomic mass is 9.90. The summed E-state index contributed by atoms with van der Waals surface area (Å²) in [5.74, 6) is 1.02. The molecule has 1 aliphatic carbocycles. The van der Waals surface area contributed by atoms with E-state index in [9.17, 15) is 0 Å². The van der Waals surface area contributed by atoms with E-state index in [0.29, 0.717) is 0 Å². The Bertz CT molecular complexity index is 960. The van der Waals surface area contributed by atoms with Gasteiger partial charge in [0.2, 0.25) is 0 Å². The molecule has 30 heavy (non-hydrogen) atoms. The van der Waals surface area contributed by atoms with Gasteiger partial charge in [-0.3, -0.25) is 0 Å². The normalized spacial score (nSPS) is 12.4. The highest BCUT2D eigenvalue weighted by atomic mass is 35.5. The first kappa shape index (κ1) is 22.5. The Morgan fingerprint density at radius 1 is 0.867 bits per heavy atom. The van der Waals surface area contributed by atoms with Crippen molar-refractivity contribution in [1.29, 1.82) is 0 Å². The molecule has 0 saturated heterocycles. The summed E-state index contributed by atoms with van der Waals surface area (Å²) in [5.41, 5.74) is 6.33. The Morgan fingerprint density at radius 3 is 2.23 bits per heavy atom. The van der Waals surface area contributed by atoms with Gasteiger partial charge in [-0.2, -0.15) is 0 Å². The fraction of sp³-hybridized carbons (Fsp3) is 0.280. The van der Waals surface area contributed by atoms with Crippen LogP contribution in [0.25, 0.3) is 11.1 Å². The Hall–Kier alpha value is -2.14. The fourth-order valence-corrected chi connectivity index (χ4v) is 4.63. The molecule has 0 heterocycles. The Morgan fingerprint density at radius 2 is 1.53 bits per heavy atom. The van der Waals surface area contributed by atoms with E-state index in [1.807, 2.05) is 26.2 Å². The molecule has 2 N–H and O–H groups in total. The van der Waals surface area contributed by atoms with Crippen LogP contribution in [0.5, 0.6) is 5.75 Å².